The smallest absolute Gasteiger partial charge is 0.341 e. The number of hydrogen-bond donors (Lipinski definition) is 3. The number of thiophene rings is 1. The van der Waals surface area contributed by atoms with E-state index in [-0.39, 0.29) is 27.7 Å². The summed E-state index contributed by atoms with van der Waals surface area (Å²) >= 11 is 6.95. The number of thiocarbonyl (C=S) groups is 1. The topological polar surface area (TPSA) is 141 Å². The number of anilines is 3. The van der Waals surface area contributed by atoms with Gasteiger partial charge in [-0.25, -0.2) is 13.2 Å². The number of benzene rings is 1. The first-order valence-corrected chi connectivity index (χ1v) is 13.9. The van der Waals surface area contributed by atoms with Gasteiger partial charge in [0.2, 0.25) is 5.88 Å². The zero-order valence-corrected chi connectivity index (χ0v) is 22.7. The van der Waals surface area contributed by atoms with Gasteiger partial charge in [0.1, 0.15) is 5.00 Å². The molecule has 0 fully saturated rings. The summed E-state index contributed by atoms with van der Waals surface area (Å²) < 4.78 is 43.1. The Hall–Kier alpha value is -3.49. The van der Waals surface area contributed by atoms with Gasteiger partial charge in [0.25, 0.3) is 10.0 Å². The summed E-state index contributed by atoms with van der Waals surface area (Å²) in [5, 5.41) is 7.02. The van der Waals surface area contributed by atoms with E-state index in [1.54, 1.807) is 12.1 Å². The summed E-state index contributed by atoms with van der Waals surface area (Å²) in [4.78, 5) is 21.5. The molecule has 0 unspecified atom stereocenters. The number of esters is 1. The van der Waals surface area contributed by atoms with E-state index in [0.717, 1.165) is 36.1 Å². The minimum absolute atomic E-state index is 0.00339. The second kappa shape index (κ2) is 11.3. The molecular formula is C23H25N5O6S3. The number of sulfonamides is 1. The van der Waals surface area contributed by atoms with E-state index in [4.69, 9.17) is 26.4 Å². The maximum atomic E-state index is 12.8. The van der Waals surface area contributed by atoms with E-state index in [1.807, 2.05) is 0 Å². The number of nitrogens with zero attached hydrogens (tertiary/aromatic N) is 2. The van der Waals surface area contributed by atoms with Crippen molar-refractivity contribution >= 4 is 61.2 Å². The molecule has 4 rings (SSSR count). The number of ether oxygens (including phenoxy) is 3. The van der Waals surface area contributed by atoms with Crippen LogP contribution < -0.4 is 24.8 Å². The zero-order chi connectivity index (χ0) is 26.6. The third kappa shape index (κ3) is 6.09. The van der Waals surface area contributed by atoms with Crippen LogP contribution in [0.25, 0.3) is 0 Å². The van der Waals surface area contributed by atoms with Gasteiger partial charge in [-0.15, -0.1) is 11.3 Å². The SMILES string of the molecule is COC(=O)c1c(NC(=S)Nc2ccc(S(=O)(=O)Nc3cc(OC)nc(OC)n3)cc2)sc2c1CCCC2. The highest BCUT2D eigenvalue weighted by molar-refractivity contribution is 7.92. The first kappa shape index (κ1) is 26.6. The summed E-state index contributed by atoms with van der Waals surface area (Å²) in [6, 6.07) is 7.29. The molecule has 0 radical (unpaired) electrons. The van der Waals surface area contributed by atoms with Crippen LogP contribution in [0.4, 0.5) is 16.5 Å². The van der Waals surface area contributed by atoms with Gasteiger partial charge in [-0.3, -0.25) is 4.72 Å². The lowest BCUT2D eigenvalue weighted by Gasteiger charge is -2.13. The molecule has 3 aromatic rings. The fraction of sp³-hybridized carbons (Fsp3) is 0.304. The molecule has 37 heavy (non-hydrogen) atoms. The average Bonchev–Trinajstić information content (AvgIpc) is 3.25. The van der Waals surface area contributed by atoms with Crippen molar-refractivity contribution in [3.63, 3.8) is 0 Å². The van der Waals surface area contributed by atoms with Crippen molar-refractivity contribution in [1.82, 2.24) is 9.97 Å². The molecule has 0 saturated carbocycles. The van der Waals surface area contributed by atoms with Crippen LogP contribution in [-0.4, -0.2) is 50.8 Å². The van der Waals surface area contributed by atoms with Crippen molar-refractivity contribution in [2.24, 2.45) is 0 Å². The van der Waals surface area contributed by atoms with E-state index >= 15 is 0 Å². The third-order valence-electron chi connectivity index (χ3n) is 5.52. The molecule has 2 heterocycles. The second-order valence-corrected chi connectivity index (χ2v) is 11.1. The summed E-state index contributed by atoms with van der Waals surface area (Å²) in [6.07, 6.45) is 3.86. The van der Waals surface area contributed by atoms with Gasteiger partial charge >= 0.3 is 12.0 Å². The van der Waals surface area contributed by atoms with Crippen LogP contribution >= 0.6 is 23.6 Å². The van der Waals surface area contributed by atoms with Crippen molar-refractivity contribution in [2.45, 2.75) is 30.6 Å². The fourth-order valence-corrected chi connectivity index (χ4v) is 6.36. The molecule has 1 aliphatic carbocycles. The quantitative estimate of drug-likeness (QED) is 0.272. The van der Waals surface area contributed by atoms with E-state index in [9.17, 15) is 13.2 Å². The first-order valence-electron chi connectivity index (χ1n) is 11.1. The Balaban J connectivity index is 1.46. The minimum atomic E-state index is -3.95. The lowest BCUT2D eigenvalue weighted by molar-refractivity contribution is 0.0601. The van der Waals surface area contributed by atoms with Gasteiger partial charge in [-0.05, 0) is 67.7 Å². The lowest BCUT2D eigenvalue weighted by atomic mass is 9.95. The predicted molar refractivity (Wildman–Crippen MR) is 145 cm³/mol. The van der Waals surface area contributed by atoms with Crippen molar-refractivity contribution < 1.29 is 27.4 Å². The molecule has 0 amide bonds. The molecule has 2 aromatic heterocycles. The van der Waals surface area contributed by atoms with Crippen LogP contribution in [0.15, 0.2) is 35.2 Å². The van der Waals surface area contributed by atoms with Crippen molar-refractivity contribution in [3.05, 3.63) is 46.3 Å². The van der Waals surface area contributed by atoms with Crippen LogP contribution in [-0.2, 0) is 27.6 Å². The highest BCUT2D eigenvalue weighted by Crippen LogP contribution is 2.38. The van der Waals surface area contributed by atoms with Crippen molar-refractivity contribution in [1.29, 1.82) is 0 Å². The maximum Gasteiger partial charge on any atom is 0.341 e. The van der Waals surface area contributed by atoms with Crippen molar-refractivity contribution in [3.8, 4) is 11.9 Å². The van der Waals surface area contributed by atoms with Crippen LogP contribution in [0.3, 0.4) is 0 Å². The summed E-state index contributed by atoms with van der Waals surface area (Å²) in [6.45, 7) is 0. The molecule has 1 aromatic carbocycles. The number of rotatable bonds is 8. The Morgan fingerprint density at radius 1 is 1.03 bits per heavy atom. The van der Waals surface area contributed by atoms with Gasteiger partial charge in [-0.2, -0.15) is 9.97 Å². The molecule has 0 saturated heterocycles. The Bertz CT molecular complexity index is 1400. The van der Waals surface area contributed by atoms with Crippen LogP contribution in [0.2, 0.25) is 0 Å². The normalized spacial score (nSPS) is 12.7. The van der Waals surface area contributed by atoms with E-state index in [0.29, 0.717) is 16.3 Å². The maximum absolute atomic E-state index is 12.8. The Morgan fingerprint density at radius 3 is 2.43 bits per heavy atom. The first-order chi connectivity index (χ1) is 17.7. The number of fused-ring (bicyclic) bond motifs is 1. The average molecular weight is 564 g/mol. The van der Waals surface area contributed by atoms with Crippen molar-refractivity contribution in [2.75, 3.05) is 36.7 Å². The van der Waals surface area contributed by atoms with Crippen LogP contribution in [0, 0.1) is 0 Å². The van der Waals surface area contributed by atoms with Gasteiger partial charge in [-0.1, -0.05) is 0 Å². The standard InChI is InChI=1S/C23H25N5O6S3/c1-32-18-12-17(25-22(26-18)34-3)28-37(30,31)14-10-8-13(9-11-14)24-23(35)27-20-19(21(29)33-2)15-6-4-5-7-16(15)36-20/h8-12H,4-7H2,1-3H3,(H2,24,27,35)(H,25,26,28). The number of carbonyl (C=O) groups excluding carboxylic acids is 1. The number of aromatic nitrogens is 2. The van der Waals surface area contributed by atoms with Crippen LogP contribution in [0.5, 0.6) is 11.9 Å². The molecule has 3 N–H and O–H groups in total. The van der Waals surface area contributed by atoms with Gasteiger partial charge in [0, 0.05) is 16.6 Å². The fourth-order valence-electron chi connectivity index (χ4n) is 3.80. The molecular weight excluding hydrogens is 538 g/mol. The van der Waals surface area contributed by atoms with E-state index in [1.165, 1.54) is 50.9 Å². The highest BCUT2D eigenvalue weighted by Gasteiger charge is 2.26. The number of methoxy groups -OCH3 is 3. The van der Waals surface area contributed by atoms with Crippen LogP contribution in [0.1, 0.15) is 33.6 Å². The Labute approximate surface area is 223 Å². The Morgan fingerprint density at radius 2 is 1.76 bits per heavy atom. The molecule has 0 aliphatic heterocycles. The highest BCUT2D eigenvalue weighted by atomic mass is 32.2. The van der Waals surface area contributed by atoms with Gasteiger partial charge in [0.05, 0.1) is 31.8 Å². The molecule has 0 spiro atoms. The monoisotopic (exact) mass is 563 g/mol. The molecule has 14 heteroatoms. The summed E-state index contributed by atoms with van der Waals surface area (Å²) in [7, 11) is 0.163. The number of carbonyl (C=O) groups is 1. The zero-order valence-electron chi connectivity index (χ0n) is 20.3. The lowest BCUT2D eigenvalue weighted by Crippen LogP contribution is -2.20. The minimum Gasteiger partial charge on any atom is -0.481 e. The van der Waals surface area contributed by atoms with Gasteiger partial charge in [0.15, 0.2) is 10.9 Å². The number of hydrogen-bond acceptors (Lipinski definition) is 10. The molecule has 196 valence electrons. The van der Waals surface area contributed by atoms with E-state index < -0.39 is 16.0 Å². The number of nitrogens with one attached hydrogen (secondary N) is 3. The Kier molecular flexibility index (Phi) is 8.10. The number of aryl methyl sites for hydroxylation is 1. The third-order valence-corrected chi connectivity index (χ3v) is 8.31. The molecule has 0 atom stereocenters. The molecule has 1 aliphatic rings. The van der Waals surface area contributed by atoms with E-state index in [2.05, 4.69) is 25.3 Å². The predicted octanol–water partition coefficient (Wildman–Crippen LogP) is 3.83. The van der Waals surface area contributed by atoms with Gasteiger partial charge < -0.3 is 24.8 Å². The molecule has 0 bridgehead atoms. The largest absolute Gasteiger partial charge is 0.481 e. The second-order valence-electron chi connectivity index (χ2n) is 7.90. The summed E-state index contributed by atoms with van der Waals surface area (Å²) in [5.74, 6) is -0.255. The summed E-state index contributed by atoms with van der Waals surface area (Å²) in [5.41, 5.74) is 2.11. The molecule has 11 nitrogen and oxygen atoms in total.